The van der Waals surface area contributed by atoms with Crippen LogP contribution in [-0.4, -0.2) is 35.5 Å². The molecule has 1 fully saturated rings. The first-order valence-electron chi connectivity index (χ1n) is 9.46. The lowest BCUT2D eigenvalue weighted by atomic mass is 10.2. The van der Waals surface area contributed by atoms with E-state index in [2.05, 4.69) is 19.2 Å². The average Bonchev–Trinajstić information content (AvgIpc) is 3.39. The van der Waals surface area contributed by atoms with E-state index in [-0.39, 0.29) is 11.6 Å². The Labute approximate surface area is 170 Å². The van der Waals surface area contributed by atoms with Gasteiger partial charge in [0.1, 0.15) is 16.9 Å². The van der Waals surface area contributed by atoms with Crippen LogP contribution in [0, 0.1) is 0 Å². The lowest BCUT2D eigenvalue weighted by molar-refractivity contribution is 0.0952. The Morgan fingerprint density at radius 3 is 2.69 bits per heavy atom. The van der Waals surface area contributed by atoms with Crippen LogP contribution in [0.2, 0.25) is 0 Å². The lowest BCUT2D eigenvalue weighted by Gasteiger charge is -2.05. The fourth-order valence-electron chi connectivity index (χ4n) is 3.30. The van der Waals surface area contributed by atoms with Crippen molar-refractivity contribution in [1.82, 2.24) is 28.4 Å². The second-order valence-corrected chi connectivity index (χ2v) is 7.56. The van der Waals surface area contributed by atoms with Crippen molar-refractivity contribution in [3.63, 3.8) is 0 Å². The van der Waals surface area contributed by atoms with Crippen LogP contribution in [-0.2, 0) is 6.54 Å². The molecule has 2 aromatic carbocycles. The first-order valence-corrected chi connectivity index (χ1v) is 10.2. The molecule has 4 aromatic rings. The number of carbonyl (C=O) groups excluding carboxylic acids is 1. The Bertz CT molecular complexity index is 1240. The van der Waals surface area contributed by atoms with Crippen LogP contribution < -0.4 is 11.0 Å². The van der Waals surface area contributed by atoms with E-state index in [0.29, 0.717) is 30.1 Å². The van der Waals surface area contributed by atoms with E-state index in [9.17, 15) is 9.59 Å². The summed E-state index contributed by atoms with van der Waals surface area (Å²) in [5.74, 6) is 0.920. The molecule has 0 aliphatic heterocycles. The molecule has 146 valence electrons. The van der Waals surface area contributed by atoms with Crippen LogP contribution in [0.3, 0.4) is 0 Å². The SMILES string of the molecule is O=C(NCCn1nc(C2CC2)n(-c2ccccc2)c1=O)c1ccc2nsnc2c1. The molecule has 1 aliphatic carbocycles. The van der Waals surface area contributed by atoms with Crippen LogP contribution in [0.5, 0.6) is 0 Å². The Hall–Kier alpha value is -3.33. The minimum atomic E-state index is -0.210. The first-order chi connectivity index (χ1) is 14.2. The van der Waals surface area contributed by atoms with Crippen molar-refractivity contribution in [2.45, 2.75) is 25.3 Å². The van der Waals surface area contributed by atoms with Crippen LogP contribution in [0.15, 0.2) is 53.3 Å². The highest BCUT2D eigenvalue weighted by Crippen LogP contribution is 2.39. The molecule has 29 heavy (non-hydrogen) atoms. The topological polar surface area (TPSA) is 94.7 Å². The minimum Gasteiger partial charge on any atom is -0.350 e. The third-order valence-corrected chi connectivity index (χ3v) is 5.50. The number of hydrogen-bond donors (Lipinski definition) is 1. The van der Waals surface area contributed by atoms with Gasteiger partial charge < -0.3 is 5.32 Å². The Morgan fingerprint density at radius 2 is 1.90 bits per heavy atom. The summed E-state index contributed by atoms with van der Waals surface area (Å²) in [6, 6.07) is 14.8. The van der Waals surface area contributed by atoms with Crippen LogP contribution in [0.1, 0.15) is 34.9 Å². The van der Waals surface area contributed by atoms with Gasteiger partial charge in [0.2, 0.25) is 0 Å². The molecular weight excluding hydrogens is 388 g/mol. The molecule has 2 heterocycles. The van der Waals surface area contributed by atoms with Crippen molar-refractivity contribution in [2.75, 3.05) is 6.54 Å². The lowest BCUT2D eigenvalue weighted by Crippen LogP contribution is -2.32. The summed E-state index contributed by atoms with van der Waals surface area (Å²) in [7, 11) is 0. The predicted octanol–water partition coefficient (Wildman–Crippen LogP) is 2.35. The number of nitrogens with one attached hydrogen (secondary N) is 1. The molecule has 1 amide bonds. The van der Waals surface area contributed by atoms with E-state index >= 15 is 0 Å². The smallest absolute Gasteiger partial charge is 0.350 e. The molecule has 0 atom stereocenters. The standard InChI is InChI=1S/C20H18N6O2S/c27-19(14-8-9-16-17(12-14)24-29-23-16)21-10-11-25-20(28)26(15-4-2-1-3-5-15)18(22-25)13-6-7-13/h1-5,8-9,12-13H,6-7,10-11H2,(H,21,27). The number of rotatable bonds is 6. The quantitative estimate of drug-likeness (QED) is 0.530. The average molecular weight is 406 g/mol. The van der Waals surface area contributed by atoms with Crippen LogP contribution >= 0.6 is 11.7 Å². The number of carbonyl (C=O) groups is 1. The highest BCUT2D eigenvalue weighted by molar-refractivity contribution is 7.00. The maximum atomic E-state index is 12.9. The highest BCUT2D eigenvalue weighted by Gasteiger charge is 2.31. The fourth-order valence-corrected chi connectivity index (χ4v) is 3.81. The van der Waals surface area contributed by atoms with Gasteiger partial charge in [-0.15, -0.1) is 0 Å². The summed E-state index contributed by atoms with van der Waals surface area (Å²) in [5.41, 5.74) is 2.64. The molecule has 9 heteroatoms. The van der Waals surface area contributed by atoms with Crippen molar-refractivity contribution < 1.29 is 4.79 Å². The zero-order valence-electron chi connectivity index (χ0n) is 15.5. The summed E-state index contributed by atoms with van der Waals surface area (Å²) >= 11 is 1.12. The van der Waals surface area contributed by atoms with Crippen molar-refractivity contribution in [3.05, 3.63) is 70.4 Å². The normalized spacial score (nSPS) is 13.7. The van der Waals surface area contributed by atoms with Gasteiger partial charge >= 0.3 is 5.69 Å². The Morgan fingerprint density at radius 1 is 1.10 bits per heavy atom. The van der Waals surface area contributed by atoms with E-state index in [0.717, 1.165) is 41.6 Å². The highest BCUT2D eigenvalue weighted by atomic mass is 32.1. The number of benzene rings is 2. The number of aromatic nitrogens is 5. The number of hydrogen-bond acceptors (Lipinski definition) is 6. The van der Waals surface area contributed by atoms with Gasteiger partial charge in [-0.25, -0.2) is 14.0 Å². The molecule has 5 rings (SSSR count). The molecule has 0 unspecified atom stereocenters. The Kier molecular flexibility index (Phi) is 4.44. The molecular formula is C20H18N6O2S. The van der Waals surface area contributed by atoms with Crippen molar-refractivity contribution in [2.24, 2.45) is 0 Å². The van der Waals surface area contributed by atoms with Crippen molar-refractivity contribution in [3.8, 4) is 5.69 Å². The second-order valence-electron chi connectivity index (χ2n) is 7.03. The number of para-hydroxylation sites is 1. The van der Waals surface area contributed by atoms with Gasteiger partial charge in [0.05, 0.1) is 24.0 Å². The summed E-state index contributed by atoms with van der Waals surface area (Å²) in [4.78, 5) is 25.3. The summed E-state index contributed by atoms with van der Waals surface area (Å²) in [6.07, 6.45) is 2.10. The van der Waals surface area contributed by atoms with Crippen molar-refractivity contribution >= 4 is 28.7 Å². The van der Waals surface area contributed by atoms with E-state index in [1.807, 2.05) is 30.3 Å². The third-order valence-electron chi connectivity index (χ3n) is 4.95. The largest absolute Gasteiger partial charge is 0.350 e. The summed E-state index contributed by atoms with van der Waals surface area (Å²) in [5, 5.41) is 7.40. The van der Waals surface area contributed by atoms with Gasteiger partial charge in [-0.1, -0.05) is 18.2 Å². The van der Waals surface area contributed by atoms with Gasteiger partial charge in [-0.05, 0) is 43.2 Å². The molecule has 0 saturated heterocycles. The van der Waals surface area contributed by atoms with Gasteiger partial charge in [0, 0.05) is 18.0 Å². The number of fused-ring (bicyclic) bond motifs is 1. The van der Waals surface area contributed by atoms with E-state index in [1.54, 1.807) is 22.8 Å². The summed E-state index contributed by atoms with van der Waals surface area (Å²) in [6.45, 7) is 0.618. The maximum absolute atomic E-state index is 12.9. The molecule has 1 saturated carbocycles. The summed E-state index contributed by atoms with van der Waals surface area (Å²) < 4.78 is 11.4. The molecule has 0 radical (unpaired) electrons. The van der Waals surface area contributed by atoms with E-state index < -0.39 is 0 Å². The van der Waals surface area contributed by atoms with Gasteiger partial charge in [0.25, 0.3) is 5.91 Å². The zero-order valence-corrected chi connectivity index (χ0v) is 16.3. The van der Waals surface area contributed by atoms with E-state index in [1.165, 1.54) is 4.68 Å². The third kappa shape index (κ3) is 3.44. The first kappa shape index (κ1) is 17.7. The molecule has 0 bridgehead atoms. The van der Waals surface area contributed by atoms with Crippen molar-refractivity contribution in [1.29, 1.82) is 0 Å². The van der Waals surface area contributed by atoms with Gasteiger partial charge in [0.15, 0.2) is 0 Å². The van der Waals surface area contributed by atoms with E-state index in [4.69, 9.17) is 0 Å². The van der Waals surface area contributed by atoms with Gasteiger partial charge in [-0.2, -0.15) is 13.8 Å². The monoisotopic (exact) mass is 406 g/mol. The molecule has 0 spiro atoms. The molecule has 8 nitrogen and oxygen atoms in total. The number of nitrogens with zero attached hydrogens (tertiary/aromatic N) is 5. The molecule has 2 aromatic heterocycles. The molecule has 1 aliphatic rings. The fraction of sp³-hybridized carbons (Fsp3) is 0.250. The van der Waals surface area contributed by atoms with Crippen LogP contribution in [0.25, 0.3) is 16.7 Å². The predicted molar refractivity (Wildman–Crippen MR) is 110 cm³/mol. The molecule has 1 N–H and O–H groups in total. The van der Waals surface area contributed by atoms with Gasteiger partial charge in [-0.3, -0.25) is 4.79 Å². The maximum Gasteiger partial charge on any atom is 0.350 e. The Balaban J connectivity index is 1.32. The second kappa shape index (κ2) is 7.25. The minimum absolute atomic E-state index is 0.178. The zero-order chi connectivity index (χ0) is 19.8. The van der Waals surface area contributed by atoms with Crippen LogP contribution in [0.4, 0.5) is 0 Å². The number of amides is 1.